The van der Waals surface area contributed by atoms with Gasteiger partial charge in [-0.15, -0.1) is 0 Å². The molecule has 10 heavy (non-hydrogen) atoms. The van der Waals surface area contributed by atoms with Gasteiger partial charge in [0.05, 0.1) is 0 Å². The summed E-state index contributed by atoms with van der Waals surface area (Å²) in [7, 11) is 11.3. The molecule has 0 fully saturated rings. The second-order valence-electron chi connectivity index (χ2n) is 2.57. The van der Waals surface area contributed by atoms with Gasteiger partial charge in [-0.3, -0.25) is 0 Å². The number of rotatable bonds is 0. The highest BCUT2D eigenvalue weighted by Gasteiger charge is 1.95. The third-order valence-electron chi connectivity index (χ3n) is 1.63. The molecule has 0 unspecified atom stereocenters. The molecular weight excluding hydrogens is 118 g/mol. The maximum Gasteiger partial charge on any atom is 0.114 e. The van der Waals surface area contributed by atoms with Crippen molar-refractivity contribution in [2.45, 2.75) is 13.8 Å². The van der Waals surface area contributed by atoms with Crippen LogP contribution in [-0.4, -0.2) is 15.7 Å². The zero-order valence-electron chi connectivity index (χ0n) is 6.31. The van der Waals surface area contributed by atoms with E-state index in [2.05, 4.69) is 0 Å². The summed E-state index contributed by atoms with van der Waals surface area (Å²) in [6.45, 7) is 3.90. The fourth-order valence-electron chi connectivity index (χ4n) is 0.915. The van der Waals surface area contributed by atoms with Gasteiger partial charge in [0, 0.05) is 0 Å². The van der Waals surface area contributed by atoms with Gasteiger partial charge in [-0.05, 0) is 13.8 Å². The van der Waals surface area contributed by atoms with Crippen LogP contribution in [-0.2, 0) is 0 Å². The smallest absolute Gasteiger partial charge is 0.0941 e. The lowest BCUT2D eigenvalue weighted by Gasteiger charge is -2.05. The van der Waals surface area contributed by atoms with Gasteiger partial charge in [0.1, 0.15) is 15.7 Å². The molecule has 0 aromatic heterocycles. The minimum atomic E-state index is 0.775. The summed E-state index contributed by atoms with van der Waals surface area (Å²) in [6.07, 6.45) is 0. The molecule has 0 amide bonds. The Labute approximate surface area is 64.5 Å². The van der Waals surface area contributed by atoms with Gasteiger partial charge in [-0.1, -0.05) is 34.2 Å². The lowest BCUT2D eigenvalue weighted by Crippen LogP contribution is -2.20. The average molecular weight is 126 g/mol. The van der Waals surface area contributed by atoms with E-state index in [0.717, 1.165) is 22.1 Å². The largest absolute Gasteiger partial charge is 0.114 e. The lowest BCUT2D eigenvalue weighted by atomic mass is 9.80. The molecule has 0 saturated heterocycles. The van der Waals surface area contributed by atoms with Gasteiger partial charge in [0.2, 0.25) is 0 Å². The summed E-state index contributed by atoms with van der Waals surface area (Å²) in [5.41, 5.74) is 3.64. The molecular formula is C8H8B2. The maximum atomic E-state index is 5.64. The minimum absolute atomic E-state index is 0.775. The molecule has 1 aromatic carbocycles. The van der Waals surface area contributed by atoms with E-state index in [1.807, 2.05) is 26.0 Å². The molecule has 1 aromatic rings. The molecule has 1 rings (SSSR count). The van der Waals surface area contributed by atoms with Crippen molar-refractivity contribution in [1.82, 2.24) is 0 Å². The monoisotopic (exact) mass is 126 g/mol. The molecule has 0 bridgehead atoms. The Kier molecular flexibility index (Phi) is 1.89. The first-order chi connectivity index (χ1) is 4.61. The molecule has 0 spiro atoms. The van der Waals surface area contributed by atoms with E-state index in [4.69, 9.17) is 15.7 Å². The summed E-state index contributed by atoms with van der Waals surface area (Å²) in [5.74, 6) is 0. The SMILES string of the molecule is [B]c1cc(C)cc([B])c1C. The normalized spacial score (nSPS) is 9.80. The zero-order chi connectivity index (χ0) is 7.72. The molecule has 0 heterocycles. The van der Waals surface area contributed by atoms with Crippen LogP contribution in [0.25, 0.3) is 0 Å². The Morgan fingerprint density at radius 1 is 1.00 bits per heavy atom. The molecule has 0 nitrogen and oxygen atoms in total. The van der Waals surface area contributed by atoms with E-state index in [0.29, 0.717) is 0 Å². The maximum absolute atomic E-state index is 5.64. The van der Waals surface area contributed by atoms with Gasteiger partial charge in [-0.25, -0.2) is 0 Å². The van der Waals surface area contributed by atoms with E-state index >= 15 is 0 Å². The number of hydrogen-bond donors (Lipinski definition) is 0. The molecule has 0 atom stereocenters. The third kappa shape index (κ3) is 1.26. The predicted molar refractivity (Wildman–Crippen MR) is 46.7 cm³/mol. The standard InChI is InChI=1S/C8H8B2/c1-5-3-7(9)6(2)8(10)4-5/h3-4H,1-2H3. The van der Waals surface area contributed by atoms with Crippen molar-refractivity contribution in [2.24, 2.45) is 0 Å². The topological polar surface area (TPSA) is 0 Å². The molecule has 0 N–H and O–H groups in total. The van der Waals surface area contributed by atoms with Crippen molar-refractivity contribution >= 4 is 26.6 Å². The Morgan fingerprint density at radius 2 is 1.40 bits per heavy atom. The molecule has 4 radical (unpaired) electrons. The third-order valence-corrected chi connectivity index (χ3v) is 1.63. The molecule has 0 aliphatic heterocycles. The average Bonchev–Trinajstić information content (AvgIpc) is 1.82. The van der Waals surface area contributed by atoms with Gasteiger partial charge in [-0.2, -0.15) is 0 Å². The number of aryl methyl sites for hydroxylation is 1. The van der Waals surface area contributed by atoms with Crippen molar-refractivity contribution in [3.63, 3.8) is 0 Å². The molecule has 46 valence electrons. The number of benzene rings is 1. The van der Waals surface area contributed by atoms with E-state index in [1.165, 1.54) is 0 Å². The second kappa shape index (κ2) is 2.53. The summed E-state index contributed by atoms with van der Waals surface area (Å²) in [4.78, 5) is 0. The van der Waals surface area contributed by atoms with E-state index in [1.54, 1.807) is 0 Å². The molecule has 0 aliphatic carbocycles. The van der Waals surface area contributed by atoms with Crippen LogP contribution in [0, 0.1) is 13.8 Å². The van der Waals surface area contributed by atoms with Crippen LogP contribution in [0.5, 0.6) is 0 Å². The highest BCUT2D eigenvalue weighted by Crippen LogP contribution is 1.93. The van der Waals surface area contributed by atoms with Crippen LogP contribution in [0.15, 0.2) is 12.1 Å². The molecule has 0 aliphatic rings. The second-order valence-corrected chi connectivity index (χ2v) is 2.57. The Bertz CT molecular complexity index is 230. The van der Waals surface area contributed by atoms with E-state index in [-0.39, 0.29) is 0 Å². The first kappa shape index (κ1) is 7.46. The fourth-order valence-corrected chi connectivity index (χ4v) is 0.915. The van der Waals surface area contributed by atoms with Crippen molar-refractivity contribution in [3.8, 4) is 0 Å². The van der Waals surface area contributed by atoms with Crippen LogP contribution >= 0.6 is 0 Å². The van der Waals surface area contributed by atoms with Crippen molar-refractivity contribution in [1.29, 1.82) is 0 Å². The first-order valence-electron chi connectivity index (χ1n) is 3.23. The van der Waals surface area contributed by atoms with Crippen LogP contribution in [0.3, 0.4) is 0 Å². The van der Waals surface area contributed by atoms with Crippen molar-refractivity contribution in [3.05, 3.63) is 23.3 Å². The van der Waals surface area contributed by atoms with Crippen LogP contribution in [0.1, 0.15) is 11.1 Å². The van der Waals surface area contributed by atoms with Gasteiger partial charge < -0.3 is 0 Å². The van der Waals surface area contributed by atoms with Crippen molar-refractivity contribution in [2.75, 3.05) is 0 Å². The predicted octanol–water partition coefficient (Wildman–Crippen LogP) is -0.109. The molecule has 0 saturated carbocycles. The van der Waals surface area contributed by atoms with Crippen LogP contribution in [0.4, 0.5) is 0 Å². The Morgan fingerprint density at radius 3 is 1.80 bits per heavy atom. The molecule has 2 heteroatoms. The van der Waals surface area contributed by atoms with Gasteiger partial charge in [0.15, 0.2) is 0 Å². The quantitative estimate of drug-likeness (QED) is 0.425. The highest BCUT2D eigenvalue weighted by atomic mass is 13.9. The minimum Gasteiger partial charge on any atom is -0.0941 e. The highest BCUT2D eigenvalue weighted by molar-refractivity contribution is 6.39. The lowest BCUT2D eigenvalue weighted by molar-refractivity contribution is 1.46. The van der Waals surface area contributed by atoms with E-state index in [9.17, 15) is 0 Å². The Balaban J connectivity index is 3.31. The van der Waals surface area contributed by atoms with E-state index < -0.39 is 0 Å². The van der Waals surface area contributed by atoms with Gasteiger partial charge >= 0.3 is 0 Å². The number of hydrogen-bond acceptors (Lipinski definition) is 0. The van der Waals surface area contributed by atoms with Crippen molar-refractivity contribution < 1.29 is 0 Å². The Hall–Kier alpha value is -0.650. The summed E-state index contributed by atoms with van der Waals surface area (Å²) < 4.78 is 0. The summed E-state index contributed by atoms with van der Waals surface area (Å²) in [5, 5.41) is 0. The zero-order valence-corrected chi connectivity index (χ0v) is 6.31. The summed E-state index contributed by atoms with van der Waals surface area (Å²) >= 11 is 0. The van der Waals surface area contributed by atoms with Gasteiger partial charge in [0.25, 0.3) is 0 Å². The van der Waals surface area contributed by atoms with Crippen LogP contribution in [0.2, 0.25) is 0 Å². The first-order valence-corrected chi connectivity index (χ1v) is 3.23. The summed E-state index contributed by atoms with van der Waals surface area (Å²) in [6, 6.07) is 3.84. The van der Waals surface area contributed by atoms with Crippen LogP contribution < -0.4 is 10.9 Å². The fraction of sp³-hybridized carbons (Fsp3) is 0.250.